The number of hydrogen-bond acceptors (Lipinski definition) is 3. The number of aromatic hydroxyl groups is 1. The van der Waals surface area contributed by atoms with E-state index in [0.29, 0.717) is 22.5 Å². The predicted octanol–water partition coefficient (Wildman–Crippen LogP) is 16.1. The first-order valence-corrected chi connectivity index (χ1v) is 22.3. The molecular formula is C61H50N3OPt-. The van der Waals surface area contributed by atoms with Crippen LogP contribution in [-0.2, 0) is 21.1 Å². The molecule has 1 N–H and O–H groups in total. The van der Waals surface area contributed by atoms with Crippen molar-refractivity contribution in [2.45, 2.75) is 46.4 Å². The fourth-order valence-corrected chi connectivity index (χ4v) is 8.88. The van der Waals surface area contributed by atoms with E-state index in [4.69, 9.17) is 14.1 Å². The molecule has 0 aliphatic rings. The molecule has 0 saturated carbocycles. The fraction of sp³-hybridized carbons (Fsp3) is 0.115. The molecule has 0 unspecified atom stereocenters. The summed E-state index contributed by atoms with van der Waals surface area (Å²) < 4.78 is 28.6. The second kappa shape index (κ2) is 18.8. The summed E-state index contributed by atoms with van der Waals surface area (Å²) >= 11 is 0. The number of imidazole rings is 1. The van der Waals surface area contributed by atoms with Crippen molar-refractivity contribution in [3.05, 3.63) is 217 Å². The van der Waals surface area contributed by atoms with Crippen molar-refractivity contribution in [1.82, 2.24) is 14.5 Å². The number of phenolic OH excluding ortho intramolecular Hbond substituents is 1. The third-order valence-electron chi connectivity index (χ3n) is 12.3. The molecule has 10 aromatic rings. The second-order valence-corrected chi connectivity index (χ2v) is 17.3. The molecule has 326 valence electrons. The van der Waals surface area contributed by atoms with E-state index in [1.807, 2.05) is 128 Å². The molecule has 0 spiro atoms. The number of phenols is 1. The van der Waals surface area contributed by atoms with Gasteiger partial charge in [0.2, 0.25) is 0 Å². The minimum Gasteiger partial charge on any atom is -0.507 e. The van der Waals surface area contributed by atoms with Crippen LogP contribution in [0.5, 0.6) is 5.75 Å². The quantitative estimate of drug-likeness (QED) is 0.139. The number of para-hydroxylation sites is 1. The van der Waals surface area contributed by atoms with Gasteiger partial charge in [-0.05, 0) is 99.1 Å². The number of pyridine rings is 1. The number of fused-ring (bicyclic) bond motifs is 1. The number of hydrogen-bond donors (Lipinski definition) is 1. The Labute approximate surface area is 406 Å². The average molecular weight is 1040 g/mol. The van der Waals surface area contributed by atoms with Gasteiger partial charge in [-0.1, -0.05) is 190 Å². The molecular weight excluding hydrogens is 986 g/mol. The summed E-state index contributed by atoms with van der Waals surface area (Å²) in [7, 11) is 0. The van der Waals surface area contributed by atoms with Crippen LogP contribution < -0.4 is 0 Å². The molecule has 10 rings (SSSR count). The van der Waals surface area contributed by atoms with Crippen molar-refractivity contribution in [2.75, 3.05) is 0 Å². The molecule has 0 aliphatic heterocycles. The smallest absolute Gasteiger partial charge is 0.148 e. The molecule has 5 heteroatoms. The monoisotopic (exact) mass is 1040 g/mol. The summed E-state index contributed by atoms with van der Waals surface area (Å²) in [6.07, 6.45) is 1.85. The van der Waals surface area contributed by atoms with Crippen molar-refractivity contribution < 1.29 is 30.3 Å². The van der Waals surface area contributed by atoms with Gasteiger partial charge in [0.15, 0.2) is 0 Å². The maximum atomic E-state index is 12.5. The Morgan fingerprint density at radius 1 is 0.530 bits per heavy atom. The summed E-state index contributed by atoms with van der Waals surface area (Å²) in [6.45, 7) is 6.07. The normalized spacial score (nSPS) is 12.2. The molecule has 2 heterocycles. The predicted molar refractivity (Wildman–Crippen MR) is 270 cm³/mol. The van der Waals surface area contributed by atoms with Crippen LogP contribution in [-0.4, -0.2) is 19.6 Å². The number of rotatable bonds is 10. The van der Waals surface area contributed by atoms with E-state index in [-0.39, 0.29) is 44.2 Å². The molecule has 0 aliphatic carbocycles. The Balaban J connectivity index is 0.00000593. The van der Waals surface area contributed by atoms with Crippen LogP contribution >= 0.6 is 0 Å². The van der Waals surface area contributed by atoms with Crippen LogP contribution in [0.15, 0.2) is 194 Å². The standard InChI is InChI=1S/C61H50N3O.Pt/c1-39(2)47-35-52(40(3)4)60(65)55(36-47)61-63-59-51(49-32-48(43-21-12-7-13-22-43)33-50(34-49)56-37-46(29-30-62-56)42-19-10-6-11-20-42)27-18-28-57(59)64(61)58-38-53(44-23-14-8-15-24-44)41(5)31-54(58)45-25-16-9-17-26-45;/h6-33,35-40,65H,1-5H3;/q-1;/i5D3;. The second-order valence-electron chi connectivity index (χ2n) is 17.3. The van der Waals surface area contributed by atoms with Gasteiger partial charge in [-0.25, -0.2) is 4.98 Å². The van der Waals surface area contributed by atoms with E-state index in [9.17, 15) is 5.11 Å². The third-order valence-corrected chi connectivity index (χ3v) is 12.3. The average Bonchev–Trinajstić information content (AvgIpc) is 3.76. The fourth-order valence-electron chi connectivity index (χ4n) is 8.88. The topological polar surface area (TPSA) is 50.9 Å². The number of aryl methyl sites for hydroxylation is 1. The van der Waals surface area contributed by atoms with E-state index < -0.39 is 6.85 Å². The van der Waals surface area contributed by atoms with Gasteiger partial charge in [-0.15, -0.1) is 23.8 Å². The molecule has 0 radical (unpaired) electrons. The zero-order valence-electron chi connectivity index (χ0n) is 40.2. The number of aromatic nitrogens is 3. The SMILES string of the molecule is [2H]C([2H])([2H])c1cc(-c2ccccc2)c(-n2c(-c3cc(C(C)C)cc(C(C)C)c3O)nc3c(-c4[c-]c(-c5cc(-c6ccccc6)ccn5)cc(-c5ccccc5)c4)cccc32)cc1-c1ccccc1.[Pt]. The summed E-state index contributed by atoms with van der Waals surface area (Å²) in [5.41, 5.74) is 15.4. The van der Waals surface area contributed by atoms with Crippen molar-refractivity contribution in [1.29, 1.82) is 0 Å². The number of benzene rings is 8. The van der Waals surface area contributed by atoms with Crippen molar-refractivity contribution >= 4 is 11.0 Å². The van der Waals surface area contributed by atoms with Crippen LogP contribution in [0.3, 0.4) is 0 Å². The summed E-state index contributed by atoms with van der Waals surface area (Å²) in [6, 6.07) is 66.6. The molecule has 4 nitrogen and oxygen atoms in total. The zero-order chi connectivity index (χ0) is 47.1. The number of nitrogens with zero attached hydrogens (tertiary/aromatic N) is 3. The molecule has 8 aromatic carbocycles. The van der Waals surface area contributed by atoms with Crippen molar-refractivity contribution in [3.63, 3.8) is 0 Å². The molecule has 2 aromatic heterocycles. The molecule has 0 bridgehead atoms. The van der Waals surface area contributed by atoms with Crippen LogP contribution in [0.4, 0.5) is 0 Å². The maximum Gasteiger partial charge on any atom is 0.148 e. The van der Waals surface area contributed by atoms with Crippen LogP contribution in [0, 0.1) is 12.9 Å². The van der Waals surface area contributed by atoms with Gasteiger partial charge < -0.3 is 5.11 Å². The van der Waals surface area contributed by atoms with Crippen molar-refractivity contribution in [2.24, 2.45) is 0 Å². The first-order chi connectivity index (χ1) is 32.9. The maximum absolute atomic E-state index is 12.5. The van der Waals surface area contributed by atoms with E-state index >= 15 is 0 Å². The van der Waals surface area contributed by atoms with E-state index in [1.165, 1.54) is 0 Å². The largest absolute Gasteiger partial charge is 0.507 e. The van der Waals surface area contributed by atoms with Gasteiger partial charge in [0.1, 0.15) is 11.6 Å². The van der Waals surface area contributed by atoms with Crippen LogP contribution in [0.2, 0.25) is 0 Å². The van der Waals surface area contributed by atoms with E-state index in [0.717, 1.165) is 83.7 Å². The first kappa shape index (κ1) is 40.4. The molecule has 0 fully saturated rings. The van der Waals surface area contributed by atoms with E-state index in [1.54, 1.807) is 0 Å². The van der Waals surface area contributed by atoms with E-state index in [2.05, 4.69) is 105 Å². The Hall–Kier alpha value is -7.13. The summed E-state index contributed by atoms with van der Waals surface area (Å²) in [5.74, 6) is 0.872. The minimum absolute atomic E-state index is 0. The van der Waals surface area contributed by atoms with Gasteiger partial charge in [0.05, 0.1) is 22.3 Å². The van der Waals surface area contributed by atoms with Crippen molar-refractivity contribution in [3.8, 4) is 89.7 Å². The van der Waals surface area contributed by atoms with Gasteiger partial charge in [0, 0.05) is 42.6 Å². The molecule has 0 atom stereocenters. The van der Waals surface area contributed by atoms with Crippen LogP contribution in [0.1, 0.15) is 60.3 Å². The molecule has 0 amide bonds. The van der Waals surface area contributed by atoms with Gasteiger partial charge >= 0.3 is 0 Å². The Kier molecular flexibility index (Phi) is 11.5. The van der Waals surface area contributed by atoms with Gasteiger partial charge in [-0.2, -0.15) is 0 Å². The summed E-state index contributed by atoms with van der Waals surface area (Å²) in [5, 5.41) is 12.5. The van der Waals surface area contributed by atoms with Gasteiger partial charge in [-0.3, -0.25) is 9.55 Å². The Bertz CT molecular complexity index is 3440. The summed E-state index contributed by atoms with van der Waals surface area (Å²) in [4.78, 5) is 10.5. The molecule has 0 saturated heterocycles. The van der Waals surface area contributed by atoms with Gasteiger partial charge in [0.25, 0.3) is 0 Å². The molecule has 66 heavy (non-hydrogen) atoms. The Morgan fingerprint density at radius 3 is 1.76 bits per heavy atom. The zero-order valence-corrected chi connectivity index (χ0v) is 39.5. The first-order valence-electron chi connectivity index (χ1n) is 23.8. The third kappa shape index (κ3) is 8.46. The van der Waals surface area contributed by atoms with Crippen LogP contribution in [0.25, 0.3) is 95.0 Å². The Morgan fingerprint density at radius 2 is 1.14 bits per heavy atom. The minimum atomic E-state index is -2.43.